The van der Waals surface area contributed by atoms with Crippen LogP contribution in [0.5, 0.6) is 0 Å². The van der Waals surface area contributed by atoms with Crippen LogP contribution in [0.2, 0.25) is 0 Å². The van der Waals surface area contributed by atoms with Crippen molar-refractivity contribution < 1.29 is 14.3 Å². The number of fused-ring (bicyclic) bond motifs is 1. The predicted molar refractivity (Wildman–Crippen MR) is 138 cm³/mol. The molecule has 2 aromatic heterocycles. The van der Waals surface area contributed by atoms with Crippen molar-refractivity contribution in [2.75, 3.05) is 0 Å². The van der Waals surface area contributed by atoms with Gasteiger partial charge in [0.15, 0.2) is 5.69 Å². The lowest BCUT2D eigenvalue weighted by atomic mass is 9.91. The van der Waals surface area contributed by atoms with Crippen molar-refractivity contribution in [1.29, 1.82) is 0 Å². The summed E-state index contributed by atoms with van der Waals surface area (Å²) in [6, 6.07) is 10.7. The van der Waals surface area contributed by atoms with Crippen LogP contribution >= 0.6 is 0 Å². The van der Waals surface area contributed by atoms with Crippen molar-refractivity contribution in [2.45, 2.75) is 59.1 Å². The first kappa shape index (κ1) is 25.3. The Kier molecular flexibility index (Phi) is 6.58. The Morgan fingerprint density at radius 2 is 1.78 bits per heavy atom. The predicted octanol–water partition coefficient (Wildman–Crippen LogP) is 4.81. The summed E-state index contributed by atoms with van der Waals surface area (Å²) in [5, 5.41) is 18.1. The van der Waals surface area contributed by atoms with Crippen molar-refractivity contribution in [1.82, 2.24) is 19.9 Å². The lowest BCUT2D eigenvalue weighted by Crippen LogP contribution is -2.42. The van der Waals surface area contributed by atoms with E-state index in [1.54, 1.807) is 20.0 Å². The van der Waals surface area contributed by atoms with Crippen LogP contribution in [0, 0.1) is 19.7 Å². The summed E-state index contributed by atoms with van der Waals surface area (Å²) in [6.45, 7) is 10.9. The summed E-state index contributed by atoms with van der Waals surface area (Å²) in [5.41, 5.74) is 3.41. The van der Waals surface area contributed by atoms with Crippen LogP contribution in [-0.4, -0.2) is 31.2 Å². The number of aromatic nitrogens is 3. The molecule has 2 heterocycles. The first-order valence-electron chi connectivity index (χ1n) is 11.9. The zero-order chi connectivity index (χ0) is 26.4. The minimum absolute atomic E-state index is 0.101. The largest absolute Gasteiger partial charge is 0.388 e. The van der Waals surface area contributed by atoms with Crippen molar-refractivity contribution in [3.63, 3.8) is 0 Å². The standard InChI is InChI=1S/C28H31FN4O3/c1-15(2)22-23(26(34)31-25(28(5,6)36)18-9-11-20(29)12-10-18)32-33-14-21(30-27(35)24(22)33)19-8-7-16(3)17(4)13-19/h7-15,25,36H,1-6H3,(H,30,35)(H,31,34). The number of amides is 1. The summed E-state index contributed by atoms with van der Waals surface area (Å²) in [6.07, 6.45) is 1.71. The van der Waals surface area contributed by atoms with Crippen LogP contribution in [0.15, 0.2) is 53.5 Å². The quantitative estimate of drug-likeness (QED) is 0.361. The van der Waals surface area contributed by atoms with Crippen molar-refractivity contribution in [3.05, 3.63) is 92.8 Å². The number of H-pyrrole nitrogens is 1. The average molecular weight is 491 g/mol. The van der Waals surface area contributed by atoms with Crippen LogP contribution in [-0.2, 0) is 0 Å². The minimum atomic E-state index is -1.35. The monoisotopic (exact) mass is 490 g/mol. The van der Waals surface area contributed by atoms with E-state index in [1.807, 2.05) is 45.9 Å². The van der Waals surface area contributed by atoms with Gasteiger partial charge in [-0.2, -0.15) is 5.10 Å². The number of hydrogen-bond donors (Lipinski definition) is 3. The summed E-state index contributed by atoms with van der Waals surface area (Å²) in [7, 11) is 0. The highest BCUT2D eigenvalue weighted by atomic mass is 19.1. The van der Waals surface area contributed by atoms with Crippen molar-refractivity contribution >= 4 is 11.4 Å². The van der Waals surface area contributed by atoms with E-state index >= 15 is 0 Å². The molecular formula is C28H31FN4O3. The molecule has 4 aromatic rings. The number of nitrogens with zero attached hydrogens (tertiary/aromatic N) is 2. The molecule has 188 valence electrons. The molecule has 0 aliphatic rings. The maximum atomic E-state index is 13.5. The Labute approximate surface area is 209 Å². The molecule has 1 unspecified atom stereocenters. The Morgan fingerprint density at radius 3 is 2.36 bits per heavy atom. The second-order valence-corrected chi connectivity index (χ2v) is 10.1. The van der Waals surface area contributed by atoms with Gasteiger partial charge in [-0.1, -0.05) is 38.1 Å². The average Bonchev–Trinajstić information content (AvgIpc) is 3.20. The topological polar surface area (TPSA) is 99.5 Å². The fourth-order valence-electron chi connectivity index (χ4n) is 4.40. The van der Waals surface area contributed by atoms with Gasteiger partial charge in [-0.05, 0) is 74.1 Å². The minimum Gasteiger partial charge on any atom is -0.388 e. The second kappa shape index (κ2) is 9.35. The molecule has 8 heteroatoms. The maximum absolute atomic E-state index is 13.5. The van der Waals surface area contributed by atoms with Gasteiger partial charge >= 0.3 is 0 Å². The summed E-state index contributed by atoms with van der Waals surface area (Å²) < 4.78 is 14.9. The van der Waals surface area contributed by atoms with Crippen LogP contribution in [0.3, 0.4) is 0 Å². The number of aliphatic hydroxyl groups is 1. The molecule has 36 heavy (non-hydrogen) atoms. The SMILES string of the molecule is Cc1ccc(-c2cn3nc(C(=O)NC(c4ccc(F)cc4)C(C)(C)O)c(C(C)C)c3c(=O)[nH]2)cc1C. The highest BCUT2D eigenvalue weighted by molar-refractivity contribution is 5.96. The second-order valence-electron chi connectivity index (χ2n) is 10.1. The van der Waals surface area contributed by atoms with Gasteiger partial charge in [0.1, 0.15) is 11.3 Å². The highest BCUT2D eigenvalue weighted by Gasteiger charge is 2.33. The van der Waals surface area contributed by atoms with Gasteiger partial charge in [-0.3, -0.25) is 9.59 Å². The van der Waals surface area contributed by atoms with Crippen LogP contribution in [0.1, 0.15) is 72.4 Å². The van der Waals surface area contributed by atoms with Gasteiger partial charge < -0.3 is 15.4 Å². The summed E-state index contributed by atoms with van der Waals surface area (Å²) in [4.78, 5) is 29.6. The lowest BCUT2D eigenvalue weighted by Gasteiger charge is -2.30. The Hall–Kier alpha value is -3.78. The molecular weight excluding hydrogens is 459 g/mol. The highest BCUT2D eigenvalue weighted by Crippen LogP contribution is 2.29. The van der Waals surface area contributed by atoms with Crippen LogP contribution in [0.25, 0.3) is 16.8 Å². The van der Waals surface area contributed by atoms with Crippen LogP contribution in [0.4, 0.5) is 4.39 Å². The Balaban J connectivity index is 1.80. The molecule has 0 bridgehead atoms. The van der Waals surface area contributed by atoms with Gasteiger partial charge in [0.25, 0.3) is 11.5 Å². The first-order valence-corrected chi connectivity index (χ1v) is 11.9. The number of benzene rings is 2. The molecule has 0 saturated heterocycles. The molecule has 0 aliphatic heterocycles. The van der Waals surface area contributed by atoms with Gasteiger partial charge in [0, 0.05) is 5.56 Å². The van der Waals surface area contributed by atoms with E-state index in [2.05, 4.69) is 15.4 Å². The van der Waals surface area contributed by atoms with Gasteiger partial charge in [-0.15, -0.1) is 0 Å². The number of carbonyl (C=O) groups is 1. The third-order valence-electron chi connectivity index (χ3n) is 6.46. The number of carbonyl (C=O) groups excluding carboxylic acids is 1. The number of halogens is 1. The Morgan fingerprint density at radius 1 is 1.11 bits per heavy atom. The number of hydrogen-bond acceptors (Lipinski definition) is 4. The van der Waals surface area contributed by atoms with E-state index < -0.39 is 23.4 Å². The lowest BCUT2D eigenvalue weighted by molar-refractivity contribution is 0.0342. The summed E-state index contributed by atoms with van der Waals surface area (Å²) in [5.74, 6) is -1.13. The fraction of sp³-hybridized carbons (Fsp3) is 0.321. The third kappa shape index (κ3) is 4.81. The smallest absolute Gasteiger partial charge is 0.274 e. The molecule has 1 atom stereocenters. The van der Waals surface area contributed by atoms with Gasteiger partial charge in [0.2, 0.25) is 0 Å². The van der Waals surface area contributed by atoms with E-state index in [4.69, 9.17) is 0 Å². The summed E-state index contributed by atoms with van der Waals surface area (Å²) >= 11 is 0. The first-order chi connectivity index (χ1) is 16.9. The molecule has 3 N–H and O–H groups in total. The number of aryl methyl sites for hydroxylation is 2. The Bertz CT molecular complexity index is 1490. The molecule has 0 radical (unpaired) electrons. The van der Waals surface area contributed by atoms with E-state index in [9.17, 15) is 19.1 Å². The maximum Gasteiger partial charge on any atom is 0.274 e. The molecule has 4 rings (SSSR count). The van der Waals surface area contributed by atoms with Crippen molar-refractivity contribution in [2.24, 2.45) is 0 Å². The molecule has 0 aliphatic carbocycles. The zero-order valence-electron chi connectivity index (χ0n) is 21.3. The van der Waals surface area contributed by atoms with E-state index in [-0.39, 0.29) is 17.2 Å². The van der Waals surface area contributed by atoms with Gasteiger partial charge in [0.05, 0.1) is 23.5 Å². The van der Waals surface area contributed by atoms with E-state index in [0.717, 1.165) is 16.7 Å². The molecule has 1 amide bonds. The van der Waals surface area contributed by atoms with E-state index in [1.165, 1.54) is 28.8 Å². The van der Waals surface area contributed by atoms with Crippen LogP contribution < -0.4 is 10.9 Å². The third-order valence-corrected chi connectivity index (χ3v) is 6.46. The van der Waals surface area contributed by atoms with E-state index in [0.29, 0.717) is 22.3 Å². The molecule has 7 nitrogen and oxygen atoms in total. The van der Waals surface area contributed by atoms with Gasteiger partial charge in [-0.25, -0.2) is 8.91 Å². The number of aromatic amines is 1. The molecule has 2 aromatic carbocycles. The number of nitrogens with one attached hydrogen (secondary N) is 2. The molecule has 0 saturated carbocycles. The fourth-order valence-corrected chi connectivity index (χ4v) is 4.40. The number of rotatable bonds is 6. The normalized spacial score (nSPS) is 12.8. The van der Waals surface area contributed by atoms with Crippen molar-refractivity contribution in [3.8, 4) is 11.3 Å². The zero-order valence-corrected chi connectivity index (χ0v) is 21.3. The molecule has 0 spiro atoms. The molecule has 0 fully saturated rings.